The van der Waals surface area contributed by atoms with Gasteiger partial charge >= 0.3 is 0 Å². The van der Waals surface area contributed by atoms with Gasteiger partial charge in [-0.3, -0.25) is 0 Å². The smallest absolute Gasteiger partial charge is 0.207 e. The quantitative estimate of drug-likeness (QED) is 0.741. The molecule has 1 fully saturated rings. The molecule has 1 aliphatic carbocycles. The monoisotopic (exact) mass is 371 g/mol. The molecule has 0 aromatic heterocycles. The summed E-state index contributed by atoms with van der Waals surface area (Å²) < 4.78 is 26.5. The van der Waals surface area contributed by atoms with Crippen molar-refractivity contribution >= 4 is 49.2 Å². The minimum absolute atomic E-state index is 0.116. The highest BCUT2D eigenvalue weighted by atomic mass is 79.9. The van der Waals surface area contributed by atoms with E-state index in [2.05, 4.69) is 15.9 Å². The lowest BCUT2D eigenvalue weighted by molar-refractivity contribution is 0.424. The highest BCUT2D eigenvalue weighted by Crippen LogP contribution is 2.33. The lowest BCUT2D eigenvalue weighted by atomic mass is 10.4. The summed E-state index contributed by atoms with van der Waals surface area (Å²) in [6.07, 6.45) is 1.83. The molecule has 0 N–H and O–H groups in total. The number of nitrogens with zero attached hydrogens (tertiary/aromatic N) is 1. The number of halogens is 3. The van der Waals surface area contributed by atoms with E-state index < -0.39 is 10.0 Å². The normalized spacial score (nSPS) is 16.2. The molecular weight excluding hydrogens is 361 g/mol. The molecule has 1 aliphatic rings. The van der Waals surface area contributed by atoms with E-state index in [9.17, 15) is 8.42 Å². The summed E-state index contributed by atoms with van der Waals surface area (Å²) in [6.45, 7) is 0.455. The van der Waals surface area contributed by atoms with Crippen molar-refractivity contribution in [3.63, 3.8) is 0 Å². The van der Waals surface area contributed by atoms with E-state index in [1.807, 2.05) is 0 Å². The van der Waals surface area contributed by atoms with Crippen LogP contribution < -0.4 is 0 Å². The Labute approximate surface area is 125 Å². The lowest BCUT2D eigenvalue weighted by Gasteiger charge is -2.21. The van der Waals surface area contributed by atoms with Crippen LogP contribution >= 0.6 is 39.1 Å². The van der Waals surface area contributed by atoms with E-state index in [0.29, 0.717) is 21.9 Å². The van der Waals surface area contributed by atoms with Crippen molar-refractivity contribution in [2.24, 2.45) is 0 Å². The highest BCUT2D eigenvalue weighted by molar-refractivity contribution is 9.09. The Morgan fingerprint density at radius 2 is 1.78 bits per heavy atom. The molecule has 100 valence electrons. The number of hydrogen-bond donors (Lipinski definition) is 0. The predicted octanol–water partition coefficient (Wildman–Crippen LogP) is 3.54. The molecule has 18 heavy (non-hydrogen) atoms. The van der Waals surface area contributed by atoms with Gasteiger partial charge in [0.2, 0.25) is 10.0 Å². The fraction of sp³-hybridized carbons (Fsp3) is 0.455. The Morgan fingerprint density at radius 1 is 1.22 bits per heavy atom. The maximum Gasteiger partial charge on any atom is 0.243 e. The van der Waals surface area contributed by atoms with Gasteiger partial charge in [-0.15, -0.1) is 0 Å². The summed E-state index contributed by atoms with van der Waals surface area (Å²) >= 11 is 15.0. The molecule has 0 saturated heterocycles. The van der Waals surface area contributed by atoms with Gasteiger partial charge in [0.25, 0.3) is 0 Å². The average Bonchev–Trinajstić information content (AvgIpc) is 3.08. The summed E-state index contributed by atoms with van der Waals surface area (Å²) in [5.41, 5.74) is 0. The second kappa shape index (κ2) is 5.67. The Kier molecular flexibility index (Phi) is 4.60. The van der Waals surface area contributed by atoms with Crippen molar-refractivity contribution in [2.45, 2.75) is 23.8 Å². The van der Waals surface area contributed by atoms with E-state index in [1.54, 1.807) is 0 Å². The molecule has 7 heteroatoms. The minimum atomic E-state index is -3.51. The van der Waals surface area contributed by atoms with E-state index in [0.717, 1.165) is 12.8 Å². The zero-order valence-corrected chi connectivity index (χ0v) is 13.4. The second-order valence-corrected chi connectivity index (χ2v) is 7.70. The summed E-state index contributed by atoms with van der Waals surface area (Å²) in [6, 6.07) is 4.51. The van der Waals surface area contributed by atoms with Gasteiger partial charge < -0.3 is 0 Å². The van der Waals surface area contributed by atoms with E-state index >= 15 is 0 Å². The van der Waals surface area contributed by atoms with Gasteiger partial charge in [0.1, 0.15) is 0 Å². The topological polar surface area (TPSA) is 37.4 Å². The largest absolute Gasteiger partial charge is 0.243 e. The molecule has 2 rings (SSSR count). The van der Waals surface area contributed by atoms with Gasteiger partial charge in [-0.25, -0.2) is 8.42 Å². The van der Waals surface area contributed by atoms with Crippen LogP contribution in [0.4, 0.5) is 0 Å². The Balaban J connectivity index is 2.39. The number of alkyl halides is 1. The first kappa shape index (κ1) is 14.6. The third-order valence-corrected chi connectivity index (χ3v) is 5.42. The van der Waals surface area contributed by atoms with Crippen molar-refractivity contribution in [1.82, 2.24) is 4.31 Å². The van der Waals surface area contributed by atoms with E-state index in [1.165, 1.54) is 22.5 Å². The number of rotatable bonds is 5. The molecule has 0 radical (unpaired) electrons. The zero-order chi connectivity index (χ0) is 13.3. The van der Waals surface area contributed by atoms with Crippen LogP contribution in [0.5, 0.6) is 0 Å². The maximum absolute atomic E-state index is 12.5. The van der Waals surface area contributed by atoms with Crippen LogP contribution in [0.25, 0.3) is 0 Å². The summed E-state index contributed by atoms with van der Waals surface area (Å²) in [4.78, 5) is 0.160. The van der Waals surface area contributed by atoms with Gasteiger partial charge in [-0.2, -0.15) is 4.31 Å². The number of hydrogen-bond acceptors (Lipinski definition) is 2. The molecular formula is C11H12BrCl2NO2S. The van der Waals surface area contributed by atoms with Gasteiger partial charge in [-0.05, 0) is 31.0 Å². The van der Waals surface area contributed by atoms with Crippen LogP contribution in [-0.4, -0.2) is 30.6 Å². The maximum atomic E-state index is 12.5. The SMILES string of the molecule is O=S(=O)(c1cc(Cl)cc(Cl)c1)N(CCBr)C1CC1. The molecule has 1 aromatic rings. The van der Waals surface area contributed by atoms with Crippen molar-refractivity contribution < 1.29 is 8.42 Å². The van der Waals surface area contributed by atoms with Gasteiger partial charge in [0.15, 0.2) is 0 Å². The van der Waals surface area contributed by atoms with Crippen LogP contribution in [0.1, 0.15) is 12.8 Å². The van der Waals surface area contributed by atoms with Crippen LogP contribution in [0.15, 0.2) is 23.1 Å². The molecule has 0 unspecified atom stereocenters. The van der Waals surface area contributed by atoms with Gasteiger partial charge in [0.05, 0.1) is 4.90 Å². The molecule has 0 amide bonds. The highest BCUT2D eigenvalue weighted by Gasteiger charge is 2.37. The number of benzene rings is 1. The summed E-state index contributed by atoms with van der Waals surface area (Å²) in [5, 5.41) is 1.27. The fourth-order valence-electron chi connectivity index (χ4n) is 1.76. The summed E-state index contributed by atoms with van der Waals surface area (Å²) in [7, 11) is -3.51. The second-order valence-electron chi connectivity index (χ2n) is 4.14. The molecule has 0 atom stereocenters. The first-order valence-corrected chi connectivity index (χ1v) is 8.81. The van der Waals surface area contributed by atoms with Gasteiger partial charge in [-0.1, -0.05) is 39.1 Å². The van der Waals surface area contributed by atoms with Crippen molar-refractivity contribution in [3.8, 4) is 0 Å². The molecule has 1 saturated carbocycles. The molecule has 0 bridgehead atoms. The predicted molar refractivity (Wildman–Crippen MR) is 77.2 cm³/mol. The Hall–Kier alpha value is 0.190. The third-order valence-electron chi connectivity index (χ3n) is 2.70. The van der Waals surface area contributed by atoms with Crippen molar-refractivity contribution in [3.05, 3.63) is 28.2 Å². The first-order valence-electron chi connectivity index (χ1n) is 5.49. The summed E-state index contributed by atoms with van der Waals surface area (Å²) in [5.74, 6) is 0. The standard InChI is InChI=1S/C11H12BrCl2NO2S/c12-3-4-15(10-1-2-10)18(16,17)11-6-8(13)5-9(14)7-11/h5-7,10H,1-4H2. The van der Waals surface area contributed by atoms with Crippen LogP contribution in [0.2, 0.25) is 10.0 Å². The molecule has 3 nitrogen and oxygen atoms in total. The van der Waals surface area contributed by atoms with Crippen molar-refractivity contribution in [2.75, 3.05) is 11.9 Å². The minimum Gasteiger partial charge on any atom is -0.207 e. The van der Waals surface area contributed by atoms with Crippen LogP contribution in [0.3, 0.4) is 0 Å². The van der Waals surface area contributed by atoms with Crippen molar-refractivity contribution in [1.29, 1.82) is 0 Å². The first-order chi connectivity index (χ1) is 8.45. The molecule has 0 aliphatic heterocycles. The van der Waals surface area contributed by atoms with Crippen LogP contribution in [0, 0.1) is 0 Å². The van der Waals surface area contributed by atoms with Crippen LogP contribution in [-0.2, 0) is 10.0 Å². The molecule has 0 spiro atoms. The Bertz CT molecular complexity index is 526. The van der Waals surface area contributed by atoms with Gasteiger partial charge in [0, 0.05) is 28.0 Å². The van der Waals surface area contributed by atoms with E-state index in [-0.39, 0.29) is 10.9 Å². The molecule has 1 aromatic carbocycles. The third kappa shape index (κ3) is 3.20. The molecule has 0 heterocycles. The van der Waals surface area contributed by atoms with E-state index in [4.69, 9.17) is 23.2 Å². The average molecular weight is 373 g/mol. The zero-order valence-electron chi connectivity index (χ0n) is 9.44. The number of sulfonamides is 1. The Morgan fingerprint density at radius 3 is 2.22 bits per heavy atom. The fourth-order valence-corrected chi connectivity index (χ4v) is 4.79. The lowest BCUT2D eigenvalue weighted by Crippen LogP contribution is -2.34.